The lowest BCUT2D eigenvalue weighted by molar-refractivity contribution is -0.115. The zero-order chi connectivity index (χ0) is 13.0. The molecule has 0 aliphatic heterocycles. The highest BCUT2D eigenvalue weighted by Gasteiger charge is 2.23. The van der Waals surface area contributed by atoms with Crippen molar-refractivity contribution in [1.82, 2.24) is 10.6 Å². The molecule has 2 N–H and O–H groups in total. The monoisotopic (exact) mass is 244 g/mol. The minimum absolute atomic E-state index is 0.0284. The first-order valence-electron chi connectivity index (χ1n) is 6.00. The molecule has 1 saturated carbocycles. The van der Waals surface area contributed by atoms with Gasteiger partial charge in [0, 0.05) is 24.7 Å². The zero-order valence-corrected chi connectivity index (χ0v) is 10.3. The molecular formula is C14H16N2O2. The molecule has 18 heavy (non-hydrogen) atoms. The number of hydrogen-bond acceptors (Lipinski definition) is 2. The molecule has 0 heterocycles. The third kappa shape index (κ3) is 3.45. The second kappa shape index (κ2) is 5.49. The molecule has 4 nitrogen and oxygen atoms in total. The molecule has 2 rings (SSSR count). The van der Waals surface area contributed by atoms with Crippen molar-refractivity contribution in [3.8, 4) is 0 Å². The maximum absolute atomic E-state index is 11.7. The van der Waals surface area contributed by atoms with Crippen molar-refractivity contribution >= 4 is 17.9 Å². The fourth-order valence-corrected chi connectivity index (χ4v) is 1.50. The number of hydrogen-bond donors (Lipinski definition) is 2. The Morgan fingerprint density at radius 3 is 2.44 bits per heavy atom. The van der Waals surface area contributed by atoms with Crippen molar-refractivity contribution in [1.29, 1.82) is 0 Å². The van der Waals surface area contributed by atoms with Crippen molar-refractivity contribution in [2.45, 2.75) is 18.9 Å². The van der Waals surface area contributed by atoms with Crippen LogP contribution in [0.5, 0.6) is 0 Å². The lowest BCUT2D eigenvalue weighted by Gasteiger charge is -2.03. The van der Waals surface area contributed by atoms with Gasteiger partial charge in [0.25, 0.3) is 5.91 Å². The summed E-state index contributed by atoms with van der Waals surface area (Å²) in [7, 11) is 1.58. The van der Waals surface area contributed by atoms with E-state index in [9.17, 15) is 9.59 Å². The Kier molecular flexibility index (Phi) is 3.77. The van der Waals surface area contributed by atoms with E-state index in [2.05, 4.69) is 10.6 Å². The molecule has 0 atom stereocenters. The summed E-state index contributed by atoms with van der Waals surface area (Å²) >= 11 is 0. The number of likely N-dealkylation sites (N-methyl/N-ethyl adjacent to an activating group) is 1. The van der Waals surface area contributed by atoms with Crippen LogP contribution >= 0.6 is 0 Å². The lowest BCUT2D eigenvalue weighted by atomic mass is 10.1. The molecule has 1 fully saturated rings. The summed E-state index contributed by atoms with van der Waals surface area (Å²) in [4.78, 5) is 22.8. The van der Waals surface area contributed by atoms with E-state index in [4.69, 9.17) is 0 Å². The number of nitrogens with one attached hydrogen (secondary N) is 2. The summed E-state index contributed by atoms with van der Waals surface area (Å²) in [5.74, 6) is -0.176. The summed E-state index contributed by atoms with van der Waals surface area (Å²) < 4.78 is 0. The van der Waals surface area contributed by atoms with Crippen LogP contribution in [0.25, 0.3) is 6.08 Å². The maximum atomic E-state index is 11.7. The van der Waals surface area contributed by atoms with E-state index in [-0.39, 0.29) is 11.8 Å². The van der Waals surface area contributed by atoms with Crippen LogP contribution in [-0.4, -0.2) is 24.9 Å². The van der Waals surface area contributed by atoms with Gasteiger partial charge in [-0.25, -0.2) is 0 Å². The second-order valence-corrected chi connectivity index (χ2v) is 4.32. The van der Waals surface area contributed by atoms with Crippen molar-refractivity contribution < 1.29 is 9.59 Å². The van der Waals surface area contributed by atoms with Crippen LogP contribution in [0.3, 0.4) is 0 Å². The average Bonchev–Trinajstić information content (AvgIpc) is 3.20. The lowest BCUT2D eigenvalue weighted by Crippen LogP contribution is -2.25. The molecule has 94 valence electrons. The summed E-state index contributed by atoms with van der Waals surface area (Å²) in [5.41, 5.74) is 1.54. The summed E-state index contributed by atoms with van der Waals surface area (Å²) in [6.07, 6.45) is 5.33. The topological polar surface area (TPSA) is 58.2 Å². The SMILES string of the molecule is CNC(=O)C=Cc1ccc(C(=O)NC2CC2)cc1. The Balaban J connectivity index is 1.98. The van der Waals surface area contributed by atoms with Crippen molar-refractivity contribution in [2.24, 2.45) is 0 Å². The summed E-state index contributed by atoms with van der Waals surface area (Å²) in [6, 6.07) is 7.54. The molecule has 0 spiro atoms. The van der Waals surface area contributed by atoms with Gasteiger partial charge in [-0.3, -0.25) is 9.59 Å². The van der Waals surface area contributed by atoms with Crippen LogP contribution < -0.4 is 10.6 Å². The first kappa shape index (κ1) is 12.4. The van der Waals surface area contributed by atoms with E-state index in [1.165, 1.54) is 6.08 Å². The molecule has 0 radical (unpaired) electrons. The van der Waals surface area contributed by atoms with Crippen LogP contribution in [0, 0.1) is 0 Å². The van der Waals surface area contributed by atoms with Gasteiger partial charge in [0.05, 0.1) is 0 Å². The Bertz CT molecular complexity index is 473. The van der Waals surface area contributed by atoms with Gasteiger partial charge in [-0.05, 0) is 36.6 Å². The normalized spacial score (nSPS) is 14.5. The summed E-state index contributed by atoms with van der Waals surface area (Å²) in [5, 5.41) is 5.43. The zero-order valence-electron chi connectivity index (χ0n) is 10.3. The Labute approximate surface area is 106 Å². The van der Waals surface area contributed by atoms with E-state index < -0.39 is 0 Å². The maximum Gasteiger partial charge on any atom is 0.251 e. The quantitative estimate of drug-likeness (QED) is 0.785. The second-order valence-electron chi connectivity index (χ2n) is 4.32. The number of benzene rings is 1. The highest BCUT2D eigenvalue weighted by Crippen LogP contribution is 2.19. The summed E-state index contributed by atoms with van der Waals surface area (Å²) in [6.45, 7) is 0. The molecule has 4 heteroatoms. The molecule has 0 bridgehead atoms. The fraction of sp³-hybridized carbons (Fsp3) is 0.286. The van der Waals surface area contributed by atoms with E-state index in [1.54, 1.807) is 25.3 Å². The molecule has 0 unspecified atom stereocenters. The Morgan fingerprint density at radius 2 is 1.89 bits per heavy atom. The third-order valence-corrected chi connectivity index (χ3v) is 2.76. The van der Waals surface area contributed by atoms with E-state index in [0.29, 0.717) is 11.6 Å². The van der Waals surface area contributed by atoms with Crippen LogP contribution in [0.15, 0.2) is 30.3 Å². The molecule has 0 aromatic heterocycles. The predicted molar refractivity (Wildman–Crippen MR) is 70.0 cm³/mol. The standard InChI is InChI=1S/C14H16N2O2/c1-15-13(17)9-4-10-2-5-11(6-3-10)14(18)16-12-7-8-12/h2-6,9,12H,7-8H2,1H3,(H,15,17)(H,16,18). The van der Waals surface area contributed by atoms with Gasteiger partial charge in [-0.2, -0.15) is 0 Å². The molecular weight excluding hydrogens is 228 g/mol. The number of rotatable bonds is 4. The highest BCUT2D eigenvalue weighted by atomic mass is 16.2. The van der Waals surface area contributed by atoms with Gasteiger partial charge >= 0.3 is 0 Å². The van der Waals surface area contributed by atoms with Gasteiger partial charge in [-0.1, -0.05) is 12.1 Å². The van der Waals surface area contributed by atoms with Gasteiger partial charge < -0.3 is 10.6 Å². The number of amides is 2. The molecule has 1 aromatic rings. The molecule has 2 amide bonds. The van der Waals surface area contributed by atoms with Crippen molar-refractivity contribution in [3.63, 3.8) is 0 Å². The van der Waals surface area contributed by atoms with Gasteiger partial charge in [-0.15, -0.1) is 0 Å². The third-order valence-electron chi connectivity index (χ3n) is 2.76. The van der Waals surface area contributed by atoms with Crippen LogP contribution in [0.1, 0.15) is 28.8 Å². The van der Waals surface area contributed by atoms with E-state index in [1.807, 2.05) is 12.1 Å². The molecule has 1 aliphatic carbocycles. The Morgan fingerprint density at radius 1 is 1.22 bits per heavy atom. The molecule has 1 aromatic carbocycles. The van der Waals surface area contributed by atoms with Crippen LogP contribution in [0.4, 0.5) is 0 Å². The average molecular weight is 244 g/mol. The van der Waals surface area contributed by atoms with Crippen molar-refractivity contribution in [2.75, 3.05) is 7.05 Å². The van der Waals surface area contributed by atoms with Crippen LogP contribution in [0.2, 0.25) is 0 Å². The van der Waals surface area contributed by atoms with Crippen LogP contribution in [-0.2, 0) is 4.79 Å². The molecule has 0 saturated heterocycles. The molecule has 1 aliphatic rings. The van der Waals surface area contributed by atoms with E-state index >= 15 is 0 Å². The first-order valence-corrected chi connectivity index (χ1v) is 6.00. The van der Waals surface area contributed by atoms with Crippen molar-refractivity contribution in [3.05, 3.63) is 41.5 Å². The fourth-order valence-electron chi connectivity index (χ4n) is 1.50. The Hall–Kier alpha value is -2.10. The number of carbonyl (C=O) groups excluding carboxylic acids is 2. The first-order chi connectivity index (χ1) is 8.69. The van der Waals surface area contributed by atoms with Gasteiger partial charge in [0.1, 0.15) is 0 Å². The highest BCUT2D eigenvalue weighted by molar-refractivity contribution is 5.95. The minimum Gasteiger partial charge on any atom is -0.356 e. The predicted octanol–water partition coefficient (Wildman–Crippen LogP) is 1.34. The number of carbonyl (C=O) groups is 2. The minimum atomic E-state index is -0.148. The smallest absolute Gasteiger partial charge is 0.251 e. The van der Waals surface area contributed by atoms with E-state index in [0.717, 1.165) is 18.4 Å². The largest absolute Gasteiger partial charge is 0.356 e. The van der Waals surface area contributed by atoms with Gasteiger partial charge in [0.15, 0.2) is 0 Å². The van der Waals surface area contributed by atoms with Gasteiger partial charge in [0.2, 0.25) is 5.91 Å².